The second-order valence-electron chi connectivity index (χ2n) is 8.00. The van der Waals surface area contributed by atoms with Gasteiger partial charge in [-0.3, -0.25) is 14.3 Å². The minimum Gasteiger partial charge on any atom is -0.497 e. The Bertz CT molecular complexity index is 1020. The molecule has 8 heteroatoms. The van der Waals surface area contributed by atoms with E-state index in [9.17, 15) is 4.79 Å². The maximum Gasteiger partial charge on any atom is 0.230 e. The van der Waals surface area contributed by atoms with Gasteiger partial charge in [0.2, 0.25) is 5.91 Å². The number of carbonyl (C=O) groups excluding carboxylic acids is 1. The van der Waals surface area contributed by atoms with Crippen LogP contribution in [-0.4, -0.2) is 38.5 Å². The van der Waals surface area contributed by atoms with E-state index in [1.54, 1.807) is 19.5 Å². The van der Waals surface area contributed by atoms with Gasteiger partial charge < -0.3 is 10.1 Å². The molecule has 31 heavy (non-hydrogen) atoms. The molecule has 1 N–H and O–H groups in total. The van der Waals surface area contributed by atoms with Gasteiger partial charge in [0.25, 0.3) is 0 Å². The number of hydrogen-bond acceptors (Lipinski definition) is 6. The number of thioether (sulfide) groups is 1. The number of methoxy groups -OCH3 is 1. The van der Waals surface area contributed by atoms with Crippen LogP contribution >= 0.6 is 11.8 Å². The zero-order valence-electron chi connectivity index (χ0n) is 18.0. The Labute approximate surface area is 186 Å². The molecule has 2 heterocycles. The molecule has 1 aromatic carbocycles. The summed E-state index contributed by atoms with van der Waals surface area (Å²) in [7, 11) is 1.65. The lowest BCUT2D eigenvalue weighted by atomic mass is 9.96. The van der Waals surface area contributed by atoms with E-state index in [0.29, 0.717) is 6.04 Å². The van der Waals surface area contributed by atoms with E-state index >= 15 is 0 Å². The third kappa shape index (κ3) is 5.07. The molecule has 3 aromatic rings. The Hall–Kier alpha value is -2.87. The van der Waals surface area contributed by atoms with Crippen LogP contribution in [0.5, 0.6) is 5.75 Å². The molecule has 1 aliphatic carbocycles. The highest BCUT2D eigenvalue weighted by molar-refractivity contribution is 7.99. The van der Waals surface area contributed by atoms with Gasteiger partial charge in [-0.25, -0.2) is 0 Å². The molecule has 0 bridgehead atoms. The SMILES string of the molecule is COc1ccc(C(NC(=O)CSc2nnc(-c3cccnc3)n2C2CC2)C(C)C)cc1. The smallest absolute Gasteiger partial charge is 0.230 e. The van der Waals surface area contributed by atoms with Gasteiger partial charge in [-0.05, 0) is 48.6 Å². The lowest BCUT2D eigenvalue weighted by Gasteiger charge is -2.23. The van der Waals surface area contributed by atoms with Gasteiger partial charge in [-0.15, -0.1) is 10.2 Å². The van der Waals surface area contributed by atoms with E-state index in [4.69, 9.17) is 4.74 Å². The molecule has 1 atom stereocenters. The van der Waals surface area contributed by atoms with Crippen LogP contribution < -0.4 is 10.1 Å². The summed E-state index contributed by atoms with van der Waals surface area (Å²) in [6, 6.07) is 12.1. The van der Waals surface area contributed by atoms with E-state index in [1.165, 1.54) is 11.8 Å². The number of carbonyl (C=O) groups is 1. The van der Waals surface area contributed by atoms with E-state index in [-0.39, 0.29) is 23.6 Å². The second-order valence-corrected chi connectivity index (χ2v) is 8.94. The lowest BCUT2D eigenvalue weighted by Crippen LogP contribution is -2.33. The first kappa shape index (κ1) is 21.4. The van der Waals surface area contributed by atoms with Crippen LogP contribution in [0.1, 0.15) is 44.3 Å². The van der Waals surface area contributed by atoms with Gasteiger partial charge in [0.15, 0.2) is 11.0 Å². The molecule has 162 valence electrons. The van der Waals surface area contributed by atoms with Crippen LogP contribution in [0.3, 0.4) is 0 Å². The van der Waals surface area contributed by atoms with Gasteiger partial charge in [0, 0.05) is 24.0 Å². The number of nitrogens with one attached hydrogen (secondary N) is 1. The molecular weight excluding hydrogens is 410 g/mol. The molecule has 1 unspecified atom stereocenters. The quantitative estimate of drug-likeness (QED) is 0.503. The molecule has 7 nitrogen and oxygen atoms in total. The molecule has 1 saturated carbocycles. The van der Waals surface area contributed by atoms with Crippen molar-refractivity contribution in [3.8, 4) is 17.1 Å². The van der Waals surface area contributed by atoms with Crippen LogP contribution in [0, 0.1) is 5.92 Å². The number of nitrogens with zero attached hydrogens (tertiary/aromatic N) is 4. The molecule has 1 fully saturated rings. The van der Waals surface area contributed by atoms with Crippen molar-refractivity contribution in [1.82, 2.24) is 25.1 Å². The van der Waals surface area contributed by atoms with Gasteiger partial charge in [-0.2, -0.15) is 0 Å². The third-order valence-corrected chi connectivity index (χ3v) is 6.23. The molecule has 4 rings (SSSR count). The summed E-state index contributed by atoms with van der Waals surface area (Å²) in [4.78, 5) is 17.0. The molecule has 0 saturated heterocycles. The number of pyridine rings is 1. The molecule has 0 spiro atoms. The maximum atomic E-state index is 12.8. The van der Waals surface area contributed by atoms with Crippen molar-refractivity contribution in [1.29, 1.82) is 0 Å². The van der Waals surface area contributed by atoms with Crippen molar-refractivity contribution in [3.63, 3.8) is 0 Å². The molecule has 2 aromatic heterocycles. The Morgan fingerprint density at radius 2 is 2.00 bits per heavy atom. The predicted octanol–water partition coefficient (Wildman–Crippen LogP) is 4.29. The fraction of sp³-hybridized carbons (Fsp3) is 0.391. The monoisotopic (exact) mass is 437 g/mol. The van der Waals surface area contributed by atoms with Crippen molar-refractivity contribution < 1.29 is 9.53 Å². The standard InChI is InChI=1S/C23H27N5O2S/c1-15(2)21(16-6-10-19(30-3)11-7-16)25-20(29)14-31-23-27-26-22(28(23)18-8-9-18)17-5-4-12-24-13-17/h4-7,10-13,15,18,21H,8-9,14H2,1-3H3,(H,25,29). The maximum absolute atomic E-state index is 12.8. The van der Waals surface area contributed by atoms with Crippen LogP contribution in [0.4, 0.5) is 0 Å². The van der Waals surface area contributed by atoms with Crippen molar-refractivity contribution in [2.75, 3.05) is 12.9 Å². The van der Waals surface area contributed by atoms with Crippen LogP contribution in [0.25, 0.3) is 11.4 Å². The predicted molar refractivity (Wildman–Crippen MR) is 121 cm³/mol. The van der Waals surface area contributed by atoms with E-state index in [1.807, 2.05) is 36.4 Å². The number of hydrogen-bond donors (Lipinski definition) is 1. The molecular formula is C23H27N5O2S. The Balaban J connectivity index is 1.44. The molecule has 1 aliphatic rings. The van der Waals surface area contributed by atoms with Crippen molar-refractivity contribution >= 4 is 17.7 Å². The topological polar surface area (TPSA) is 81.9 Å². The van der Waals surface area contributed by atoms with Gasteiger partial charge in [0.05, 0.1) is 18.9 Å². The Morgan fingerprint density at radius 1 is 1.23 bits per heavy atom. The highest BCUT2D eigenvalue weighted by Crippen LogP contribution is 2.41. The van der Waals surface area contributed by atoms with Gasteiger partial charge in [0.1, 0.15) is 5.75 Å². The summed E-state index contributed by atoms with van der Waals surface area (Å²) in [6.07, 6.45) is 5.76. The first-order chi connectivity index (χ1) is 15.1. The van der Waals surface area contributed by atoms with Crippen LogP contribution in [0.2, 0.25) is 0 Å². The second kappa shape index (κ2) is 9.51. The van der Waals surface area contributed by atoms with Crippen LogP contribution in [0.15, 0.2) is 53.9 Å². The summed E-state index contributed by atoms with van der Waals surface area (Å²) in [5, 5.41) is 12.7. The molecule has 0 aliphatic heterocycles. The lowest BCUT2D eigenvalue weighted by molar-refractivity contribution is -0.119. The number of amides is 1. The summed E-state index contributed by atoms with van der Waals surface area (Å²) in [5.41, 5.74) is 2.01. The zero-order chi connectivity index (χ0) is 21.8. The minimum absolute atomic E-state index is 0.0206. The zero-order valence-corrected chi connectivity index (χ0v) is 18.8. The normalized spacial score (nSPS) is 14.5. The Kier molecular flexibility index (Phi) is 6.56. The summed E-state index contributed by atoms with van der Waals surface area (Å²) >= 11 is 1.43. The first-order valence-electron chi connectivity index (χ1n) is 10.5. The van der Waals surface area contributed by atoms with E-state index in [2.05, 4.69) is 38.9 Å². The largest absolute Gasteiger partial charge is 0.497 e. The first-order valence-corrected chi connectivity index (χ1v) is 11.5. The summed E-state index contributed by atoms with van der Waals surface area (Å²) in [5.74, 6) is 2.15. The molecule has 1 amide bonds. The minimum atomic E-state index is -0.0636. The summed E-state index contributed by atoms with van der Waals surface area (Å²) in [6.45, 7) is 4.21. The molecule has 0 radical (unpaired) electrons. The van der Waals surface area contributed by atoms with E-state index < -0.39 is 0 Å². The third-order valence-electron chi connectivity index (χ3n) is 5.29. The highest BCUT2D eigenvalue weighted by Gasteiger charge is 2.30. The number of rotatable bonds is 9. The number of benzene rings is 1. The van der Waals surface area contributed by atoms with Crippen molar-refractivity contribution in [3.05, 3.63) is 54.4 Å². The van der Waals surface area contributed by atoms with Gasteiger partial charge in [-0.1, -0.05) is 37.7 Å². The average Bonchev–Trinajstić information content (AvgIpc) is 3.55. The van der Waals surface area contributed by atoms with E-state index in [0.717, 1.165) is 40.7 Å². The van der Waals surface area contributed by atoms with Gasteiger partial charge >= 0.3 is 0 Å². The number of ether oxygens (including phenoxy) is 1. The Morgan fingerprint density at radius 3 is 2.61 bits per heavy atom. The average molecular weight is 438 g/mol. The summed E-state index contributed by atoms with van der Waals surface area (Å²) < 4.78 is 7.39. The van der Waals surface area contributed by atoms with Crippen molar-refractivity contribution in [2.45, 2.75) is 43.9 Å². The van der Waals surface area contributed by atoms with Crippen molar-refractivity contribution in [2.24, 2.45) is 5.92 Å². The fourth-order valence-electron chi connectivity index (χ4n) is 3.52. The highest BCUT2D eigenvalue weighted by atomic mass is 32.2. The number of aromatic nitrogens is 4. The fourth-order valence-corrected chi connectivity index (χ4v) is 4.34. The van der Waals surface area contributed by atoms with Crippen LogP contribution in [-0.2, 0) is 4.79 Å².